The molecule has 0 nitrogen and oxygen atoms in total. The molecule has 18 heavy (non-hydrogen) atoms. The van der Waals surface area contributed by atoms with Crippen LogP contribution in [0.1, 0.15) is 18.1 Å². The molecule has 2 aromatic carbocycles. The molecule has 0 saturated heterocycles. The number of aryl methyl sites for hydroxylation is 1. The van der Waals surface area contributed by atoms with E-state index in [1.54, 1.807) is 0 Å². The van der Waals surface area contributed by atoms with Gasteiger partial charge in [-0.1, -0.05) is 60.4 Å². The molecule has 0 unspecified atom stereocenters. The maximum atomic E-state index is 3.77. The number of benzene rings is 2. The van der Waals surface area contributed by atoms with E-state index >= 15 is 0 Å². The standard InChI is InChI=1S/C18H16/c1-14(2)4-7-16-8-12-18(13-9-16)17-10-5-15(3)6-11-17/h5-6,8-13H,1H2,2-3H3. The summed E-state index contributed by atoms with van der Waals surface area (Å²) in [5.41, 5.74) is 5.64. The molecule has 88 valence electrons. The summed E-state index contributed by atoms with van der Waals surface area (Å²) in [5.74, 6) is 6.07. The molecule has 0 aromatic heterocycles. The highest BCUT2D eigenvalue weighted by Crippen LogP contribution is 2.19. The Morgan fingerprint density at radius 3 is 1.89 bits per heavy atom. The topological polar surface area (TPSA) is 0 Å². The summed E-state index contributed by atoms with van der Waals surface area (Å²) in [6.45, 7) is 7.78. The first-order valence-corrected chi connectivity index (χ1v) is 6.00. The number of hydrogen-bond acceptors (Lipinski definition) is 0. The average molecular weight is 232 g/mol. The molecule has 2 aromatic rings. The van der Waals surface area contributed by atoms with Gasteiger partial charge < -0.3 is 0 Å². The maximum absolute atomic E-state index is 3.77. The van der Waals surface area contributed by atoms with Gasteiger partial charge in [0.2, 0.25) is 0 Å². The molecule has 2 rings (SSSR count). The van der Waals surface area contributed by atoms with Gasteiger partial charge in [0.05, 0.1) is 0 Å². The second-order valence-electron chi connectivity index (χ2n) is 4.47. The van der Waals surface area contributed by atoms with Gasteiger partial charge in [-0.05, 0) is 42.7 Å². The van der Waals surface area contributed by atoms with Gasteiger partial charge in [0.25, 0.3) is 0 Å². The molecule has 0 spiro atoms. The average Bonchev–Trinajstić information content (AvgIpc) is 2.38. The molecular formula is C18H16. The fourth-order valence-electron chi connectivity index (χ4n) is 1.67. The first-order chi connectivity index (χ1) is 8.65. The molecule has 0 saturated carbocycles. The minimum Gasteiger partial charge on any atom is -0.0877 e. The van der Waals surface area contributed by atoms with Crippen molar-refractivity contribution in [2.24, 2.45) is 0 Å². The Morgan fingerprint density at radius 1 is 0.889 bits per heavy atom. The first-order valence-electron chi connectivity index (χ1n) is 6.00. The molecule has 0 aliphatic carbocycles. The minimum absolute atomic E-state index is 0.887. The zero-order valence-corrected chi connectivity index (χ0v) is 10.8. The van der Waals surface area contributed by atoms with Crippen molar-refractivity contribution in [1.82, 2.24) is 0 Å². The maximum Gasteiger partial charge on any atom is 0.0249 e. The fourth-order valence-corrected chi connectivity index (χ4v) is 1.67. The molecule has 0 amide bonds. The number of hydrogen-bond donors (Lipinski definition) is 0. The van der Waals surface area contributed by atoms with Crippen LogP contribution in [0.5, 0.6) is 0 Å². The molecule has 0 radical (unpaired) electrons. The van der Waals surface area contributed by atoms with Crippen LogP contribution in [-0.2, 0) is 0 Å². The van der Waals surface area contributed by atoms with Gasteiger partial charge in [-0.15, -0.1) is 0 Å². The Labute approximate surface area is 109 Å². The lowest BCUT2D eigenvalue weighted by atomic mass is 10.0. The smallest absolute Gasteiger partial charge is 0.0249 e. The van der Waals surface area contributed by atoms with Crippen LogP contribution in [0.3, 0.4) is 0 Å². The zero-order valence-electron chi connectivity index (χ0n) is 10.8. The lowest BCUT2D eigenvalue weighted by Gasteiger charge is -2.02. The van der Waals surface area contributed by atoms with Gasteiger partial charge in [-0.25, -0.2) is 0 Å². The highest BCUT2D eigenvalue weighted by molar-refractivity contribution is 5.64. The van der Waals surface area contributed by atoms with Crippen LogP contribution in [0.2, 0.25) is 0 Å². The quantitative estimate of drug-likeness (QED) is 0.631. The molecule has 0 aliphatic rings. The fraction of sp³-hybridized carbons (Fsp3) is 0.111. The predicted octanol–water partition coefficient (Wildman–Crippen LogP) is 4.59. The largest absolute Gasteiger partial charge is 0.0877 e. The molecular weight excluding hydrogens is 216 g/mol. The summed E-state index contributed by atoms with van der Waals surface area (Å²) in [5, 5.41) is 0. The third-order valence-corrected chi connectivity index (χ3v) is 2.69. The van der Waals surface area contributed by atoms with E-state index in [9.17, 15) is 0 Å². The highest BCUT2D eigenvalue weighted by Gasteiger charge is 1.96. The number of rotatable bonds is 1. The normalized spacial score (nSPS) is 9.44. The summed E-state index contributed by atoms with van der Waals surface area (Å²) in [7, 11) is 0. The molecule has 0 atom stereocenters. The molecule has 0 N–H and O–H groups in total. The van der Waals surface area contributed by atoms with Gasteiger partial charge in [0.1, 0.15) is 0 Å². The summed E-state index contributed by atoms with van der Waals surface area (Å²) < 4.78 is 0. The second-order valence-corrected chi connectivity index (χ2v) is 4.47. The van der Waals surface area contributed by atoms with Crippen molar-refractivity contribution in [2.75, 3.05) is 0 Å². The lowest BCUT2D eigenvalue weighted by Crippen LogP contribution is -1.80. The van der Waals surface area contributed by atoms with Gasteiger partial charge >= 0.3 is 0 Å². The van der Waals surface area contributed by atoms with Gasteiger partial charge in [0.15, 0.2) is 0 Å². The summed E-state index contributed by atoms with van der Waals surface area (Å²) in [6.07, 6.45) is 0. The van der Waals surface area contributed by atoms with Crippen molar-refractivity contribution in [2.45, 2.75) is 13.8 Å². The Balaban J connectivity index is 2.25. The van der Waals surface area contributed by atoms with E-state index in [1.807, 2.05) is 19.1 Å². The zero-order chi connectivity index (χ0) is 13.0. The molecule has 0 heteroatoms. The minimum atomic E-state index is 0.887. The van der Waals surface area contributed by atoms with E-state index < -0.39 is 0 Å². The molecule has 0 aliphatic heterocycles. The highest BCUT2D eigenvalue weighted by atomic mass is 14.0. The van der Waals surface area contributed by atoms with Crippen molar-refractivity contribution >= 4 is 0 Å². The van der Waals surface area contributed by atoms with Gasteiger partial charge in [0, 0.05) is 5.56 Å². The molecule has 0 heterocycles. The van der Waals surface area contributed by atoms with Crippen molar-refractivity contribution in [1.29, 1.82) is 0 Å². The van der Waals surface area contributed by atoms with E-state index in [-0.39, 0.29) is 0 Å². The Kier molecular flexibility index (Phi) is 3.65. The molecule has 0 fully saturated rings. The predicted molar refractivity (Wildman–Crippen MR) is 78.3 cm³/mol. The third kappa shape index (κ3) is 3.12. The lowest BCUT2D eigenvalue weighted by molar-refractivity contribution is 1.47. The van der Waals surface area contributed by atoms with Crippen LogP contribution in [0.15, 0.2) is 60.7 Å². The van der Waals surface area contributed by atoms with Gasteiger partial charge in [-0.3, -0.25) is 0 Å². The third-order valence-electron chi connectivity index (χ3n) is 2.69. The summed E-state index contributed by atoms with van der Waals surface area (Å²) >= 11 is 0. The van der Waals surface area contributed by atoms with Crippen molar-refractivity contribution in [3.05, 3.63) is 71.8 Å². The molecule has 0 bridgehead atoms. The van der Waals surface area contributed by atoms with E-state index in [2.05, 4.69) is 61.7 Å². The van der Waals surface area contributed by atoms with E-state index in [1.165, 1.54) is 16.7 Å². The summed E-state index contributed by atoms with van der Waals surface area (Å²) in [6, 6.07) is 16.8. The second kappa shape index (κ2) is 5.38. The Bertz CT molecular complexity index is 602. The first kappa shape index (κ1) is 12.2. The monoisotopic (exact) mass is 232 g/mol. The van der Waals surface area contributed by atoms with E-state index in [0.29, 0.717) is 0 Å². The van der Waals surface area contributed by atoms with Gasteiger partial charge in [-0.2, -0.15) is 0 Å². The van der Waals surface area contributed by atoms with E-state index in [0.717, 1.165) is 11.1 Å². The number of allylic oxidation sites excluding steroid dienone is 1. The summed E-state index contributed by atoms with van der Waals surface area (Å²) in [4.78, 5) is 0. The van der Waals surface area contributed by atoms with Crippen molar-refractivity contribution in [3.8, 4) is 23.0 Å². The van der Waals surface area contributed by atoms with E-state index in [4.69, 9.17) is 0 Å². The van der Waals surface area contributed by atoms with Crippen LogP contribution in [0, 0.1) is 18.8 Å². The van der Waals surface area contributed by atoms with Crippen LogP contribution < -0.4 is 0 Å². The Morgan fingerprint density at radius 2 is 1.39 bits per heavy atom. The van der Waals surface area contributed by atoms with Crippen LogP contribution in [0.25, 0.3) is 11.1 Å². The van der Waals surface area contributed by atoms with Crippen LogP contribution in [-0.4, -0.2) is 0 Å². The van der Waals surface area contributed by atoms with Crippen molar-refractivity contribution in [3.63, 3.8) is 0 Å². The SMILES string of the molecule is C=C(C)C#Cc1ccc(-c2ccc(C)cc2)cc1. The van der Waals surface area contributed by atoms with Crippen molar-refractivity contribution < 1.29 is 0 Å². The Hall–Kier alpha value is -2.26. The van der Waals surface area contributed by atoms with Crippen LogP contribution >= 0.6 is 0 Å². The van der Waals surface area contributed by atoms with Crippen LogP contribution in [0.4, 0.5) is 0 Å².